The first-order chi connectivity index (χ1) is 4.47. The van der Waals surface area contributed by atoms with Gasteiger partial charge in [0.25, 0.3) is 0 Å². The molecule has 0 bridgehead atoms. The average molecular weight is 120 g/mol. The van der Waals surface area contributed by atoms with Gasteiger partial charge in [0.1, 0.15) is 12.0 Å². The Morgan fingerprint density at radius 2 is 2.33 bits per heavy atom. The molecule has 2 heterocycles. The van der Waals surface area contributed by atoms with E-state index < -0.39 is 0 Å². The molecular formula is C5H4N4. The minimum atomic E-state index is 0.713. The zero-order valence-corrected chi connectivity index (χ0v) is 4.57. The maximum atomic E-state index is 3.94. The maximum absolute atomic E-state index is 3.94. The molecule has 2 rings (SSSR count). The smallest absolute Gasteiger partial charge is 0.179 e. The van der Waals surface area contributed by atoms with Crippen LogP contribution in [0.1, 0.15) is 0 Å². The Bertz CT molecular complexity index is 249. The van der Waals surface area contributed by atoms with Gasteiger partial charge in [-0.15, -0.1) is 0 Å². The number of hydrogen-bond donors (Lipinski definition) is 1. The van der Waals surface area contributed by atoms with Gasteiger partial charge in [0, 0.05) is 6.20 Å². The van der Waals surface area contributed by atoms with Crippen LogP contribution in [-0.2, 0) is 0 Å². The Balaban J connectivity index is 2.79. The van der Waals surface area contributed by atoms with Crippen LogP contribution in [-0.4, -0.2) is 20.2 Å². The highest BCUT2D eigenvalue weighted by Gasteiger charge is 2.00. The van der Waals surface area contributed by atoms with Crippen LogP contribution in [0.3, 0.4) is 0 Å². The number of H-pyrrole nitrogens is 1. The first kappa shape index (κ1) is 4.43. The SMILES string of the molecule is c1cc2[nH]ncnc-2n1. The summed E-state index contributed by atoms with van der Waals surface area (Å²) in [5, 5.41) is 6.46. The van der Waals surface area contributed by atoms with E-state index in [0.29, 0.717) is 5.82 Å². The summed E-state index contributed by atoms with van der Waals surface area (Å²) in [6.45, 7) is 0. The second-order valence-corrected chi connectivity index (χ2v) is 1.67. The molecule has 0 radical (unpaired) electrons. The molecule has 0 fully saturated rings. The van der Waals surface area contributed by atoms with E-state index in [1.807, 2.05) is 6.07 Å². The van der Waals surface area contributed by atoms with Gasteiger partial charge >= 0.3 is 0 Å². The molecule has 0 aliphatic carbocycles. The molecule has 0 saturated carbocycles. The molecule has 4 nitrogen and oxygen atoms in total. The molecule has 1 N–H and O–H groups in total. The van der Waals surface area contributed by atoms with E-state index in [1.165, 1.54) is 6.33 Å². The highest BCUT2D eigenvalue weighted by atomic mass is 15.2. The quantitative estimate of drug-likeness (QED) is 0.544. The van der Waals surface area contributed by atoms with Crippen molar-refractivity contribution in [1.82, 2.24) is 20.2 Å². The van der Waals surface area contributed by atoms with Crippen molar-refractivity contribution in [3.05, 3.63) is 18.6 Å². The average Bonchev–Trinajstić information content (AvgIpc) is 2.33. The number of nitrogens with zero attached hydrogens (tertiary/aromatic N) is 3. The Labute approximate surface area is 51.3 Å². The van der Waals surface area contributed by atoms with Gasteiger partial charge < -0.3 is 0 Å². The largest absolute Gasteiger partial charge is 0.273 e. The van der Waals surface area contributed by atoms with Crippen molar-refractivity contribution < 1.29 is 0 Å². The molecule has 0 aromatic rings. The molecular weight excluding hydrogens is 116 g/mol. The summed E-state index contributed by atoms with van der Waals surface area (Å²) in [4.78, 5) is 7.82. The molecule has 4 heteroatoms. The third-order valence-corrected chi connectivity index (χ3v) is 1.10. The van der Waals surface area contributed by atoms with Crippen molar-refractivity contribution in [2.24, 2.45) is 0 Å². The number of fused-ring (bicyclic) bond motifs is 1. The van der Waals surface area contributed by atoms with Gasteiger partial charge in [-0.3, -0.25) is 5.10 Å². The second-order valence-electron chi connectivity index (χ2n) is 1.67. The van der Waals surface area contributed by atoms with Gasteiger partial charge in [-0.2, -0.15) is 5.10 Å². The summed E-state index contributed by atoms with van der Waals surface area (Å²) in [5.74, 6) is 0.713. The van der Waals surface area contributed by atoms with Gasteiger partial charge in [-0.05, 0) is 6.07 Å². The lowest BCUT2D eigenvalue weighted by atomic mass is 10.4. The van der Waals surface area contributed by atoms with E-state index in [2.05, 4.69) is 20.2 Å². The number of aromatic amines is 1. The van der Waals surface area contributed by atoms with Crippen molar-refractivity contribution in [1.29, 1.82) is 0 Å². The van der Waals surface area contributed by atoms with Crippen LogP contribution in [0.5, 0.6) is 0 Å². The van der Waals surface area contributed by atoms with Crippen molar-refractivity contribution >= 4 is 0 Å². The number of aromatic nitrogens is 4. The van der Waals surface area contributed by atoms with Crippen LogP contribution >= 0.6 is 0 Å². The van der Waals surface area contributed by atoms with E-state index in [4.69, 9.17) is 0 Å². The van der Waals surface area contributed by atoms with E-state index in [0.717, 1.165) is 5.69 Å². The molecule has 0 amide bonds. The first-order valence-electron chi connectivity index (χ1n) is 2.57. The summed E-state index contributed by atoms with van der Waals surface area (Å²) >= 11 is 0. The summed E-state index contributed by atoms with van der Waals surface area (Å²) in [6, 6.07) is 1.83. The van der Waals surface area contributed by atoms with E-state index in [-0.39, 0.29) is 0 Å². The number of rotatable bonds is 0. The maximum Gasteiger partial charge on any atom is 0.179 e. The van der Waals surface area contributed by atoms with Gasteiger partial charge in [-0.25, -0.2) is 9.97 Å². The van der Waals surface area contributed by atoms with Crippen molar-refractivity contribution in [2.45, 2.75) is 0 Å². The molecule has 0 aromatic carbocycles. The lowest BCUT2D eigenvalue weighted by Crippen LogP contribution is -1.88. The van der Waals surface area contributed by atoms with Crippen LogP contribution < -0.4 is 0 Å². The summed E-state index contributed by atoms with van der Waals surface area (Å²) in [6.07, 6.45) is 3.13. The fourth-order valence-electron chi connectivity index (χ4n) is 0.699. The molecule has 44 valence electrons. The van der Waals surface area contributed by atoms with Crippen LogP contribution in [0.25, 0.3) is 11.5 Å². The molecule has 0 spiro atoms. The van der Waals surface area contributed by atoms with Crippen LogP contribution in [0.2, 0.25) is 0 Å². The fraction of sp³-hybridized carbons (Fsp3) is 0. The van der Waals surface area contributed by atoms with E-state index in [9.17, 15) is 0 Å². The van der Waals surface area contributed by atoms with Crippen molar-refractivity contribution in [2.75, 3.05) is 0 Å². The predicted molar refractivity (Wildman–Crippen MR) is 30.8 cm³/mol. The predicted octanol–water partition coefficient (Wildman–Crippen LogP) is 0.304. The molecule has 9 heavy (non-hydrogen) atoms. The minimum absolute atomic E-state index is 0.713. The van der Waals surface area contributed by atoms with Crippen LogP contribution in [0, 0.1) is 0 Å². The lowest BCUT2D eigenvalue weighted by molar-refractivity contribution is 0.965. The lowest BCUT2D eigenvalue weighted by Gasteiger charge is -1.89. The minimum Gasteiger partial charge on any atom is -0.273 e. The zero-order valence-electron chi connectivity index (χ0n) is 4.57. The Morgan fingerprint density at radius 1 is 1.33 bits per heavy atom. The highest BCUT2D eigenvalue weighted by Crippen LogP contribution is 2.09. The second kappa shape index (κ2) is 1.51. The van der Waals surface area contributed by atoms with E-state index >= 15 is 0 Å². The molecule has 0 saturated heterocycles. The highest BCUT2D eigenvalue weighted by molar-refractivity contribution is 5.48. The zero-order chi connectivity index (χ0) is 6.10. The molecule has 0 atom stereocenters. The van der Waals surface area contributed by atoms with Crippen LogP contribution in [0.15, 0.2) is 18.6 Å². The Hall–Kier alpha value is -1.45. The molecule has 2 aliphatic heterocycles. The topological polar surface area (TPSA) is 54.5 Å². The Kier molecular flexibility index (Phi) is 0.745. The third-order valence-electron chi connectivity index (χ3n) is 1.10. The molecule has 0 unspecified atom stereocenters. The van der Waals surface area contributed by atoms with Crippen LogP contribution in [0.4, 0.5) is 0 Å². The van der Waals surface area contributed by atoms with Gasteiger partial charge in [-0.1, -0.05) is 0 Å². The van der Waals surface area contributed by atoms with Gasteiger partial charge in [0.2, 0.25) is 0 Å². The third kappa shape index (κ3) is 0.561. The standard InChI is InChI=1S/C5H4N4/c1-2-6-5-4(1)9-8-3-7-5/h1-3,9H. The number of hydrogen-bond acceptors (Lipinski definition) is 3. The molecule has 2 aliphatic rings. The van der Waals surface area contributed by atoms with Crippen molar-refractivity contribution in [3.8, 4) is 11.5 Å². The number of nitrogens with one attached hydrogen (secondary N) is 1. The summed E-state index contributed by atoms with van der Waals surface area (Å²) in [7, 11) is 0. The fourth-order valence-corrected chi connectivity index (χ4v) is 0.699. The summed E-state index contributed by atoms with van der Waals surface area (Å²) in [5.41, 5.74) is 0.873. The van der Waals surface area contributed by atoms with Gasteiger partial charge in [0.15, 0.2) is 5.82 Å². The van der Waals surface area contributed by atoms with Gasteiger partial charge in [0.05, 0.1) is 0 Å². The monoisotopic (exact) mass is 120 g/mol. The normalized spacial score (nSPS) is 10.2. The molecule has 0 aromatic heterocycles. The van der Waals surface area contributed by atoms with E-state index in [1.54, 1.807) is 6.20 Å². The Morgan fingerprint density at radius 3 is 3.22 bits per heavy atom. The van der Waals surface area contributed by atoms with Crippen molar-refractivity contribution in [3.63, 3.8) is 0 Å². The first-order valence-corrected chi connectivity index (χ1v) is 2.57. The summed E-state index contributed by atoms with van der Waals surface area (Å²) < 4.78 is 0.